The number of aliphatic hydroxyl groups excluding tert-OH is 5. The molecule has 1 saturated heterocycles. The number of amides is 1. The predicted molar refractivity (Wildman–Crippen MR) is 269 cm³/mol. The fourth-order valence-corrected chi connectivity index (χ4v) is 8.41. The Labute approximate surface area is 403 Å². The highest BCUT2D eigenvalue weighted by atomic mass is 16.7. The van der Waals surface area contributed by atoms with E-state index < -0.39 is 67.4 Å². The SMILES string of the molecule is CCCCC/C=C/C=C/CCCCCCCC(O)C(=O)NC(COC1OC(CO)C(O)C(O)C1OC(=O)CCCCCCCCCCCCC)C(O)/C=C/CCCCCCCCCCCC. The molecule has 1 aliphatic rings. The summed E-state index contributed by atoms with van der Waals surface area (Å²) in [5, 5.41) is 56.6. The maximum absolute atomic E-state index is 13.3. The van der Waals surface area contributed by atoms with Gasteiger partial charge in [-0.2, -0.15) is 0 Å². The number of hydrogen-bond donors (Lipinski definition) is 6. The number of aliphatic hydroxyl groups is 5. The number of carbonyl (C=O) groups is 2. The van der Waals surface area contributed by atoms with E-state index in [0.717, 1.165) is 77.0 Å². The maximum Gasteiger partial charge on any atom is 0.306 e. The first-order chi connectivity index (χ1) is 32.2. The third-order valence-corrected chi connectivity index (χ3v) is 12.8. The zero-order valence-electron chi connectivity index (χ0n) is 42.3. The summed E-state index contributed by atoms with van der Waals surface area (Å²) in [6.07, 6.45) is 39.1. The molecular formula is C55H101NO10. The van der Waals surface area contributed by atoms with Gasteiger partial charge in [-0.3, -0.25) is 9.59 Å². The summed E-state index contributed by atoms with van der Waals surface area (Å²) in [7, 11) is 0. The molecule has 8 atom stereocenters. The summed E-state index contributed by atoms with van der Waals surface area (Å²) in [6.45, 7) is 5.72. The van der Waals surface area contributed by atoms with Gasteiger partial charge in [-0.25, -0.2) is 0 Å². The van der Waals surface area contributed by atoms with Crippen LogP contribution in [-0.4, -0.2) is 99.6 Å². The third-order valence-electron chi connectivity index (χ3n) is 12.8. The summed E-state index contributed by atoms with van der Waals surface area (Å²) in [4.78, 5) is 26.3. The topological polar surface area (TPSA) is 175 Å². The van der Waals surface area contributed by atoms with Crippen LogP contribution in [0.15, 0.2) is 36.5 Å². The molecule has 1 aliphatic heterocycles. The van der Waals surface area contributed by atoms with Gasteiger partial charge in [0, 0.05) is 6.42 Å². The fraction of sp³-hybridized carbons (Fsp3) is 0.855. The van der Waals surface area contributed by atoms with Crippen molar-refractivity contribution in [1.82, 2.24) is 5.32 Å². The standard InChI is InChI=1S/C55H101NO10/c1-4-7-10-13-16-19-22-24-25-28-30-33-36-39-42-48(59)54(63)56-46(47(58)41-38-35-32-29-27-23-20-17-14-11-8-5-2)45-64-55-53(52(62)51(61)49(44-57)65-55)66-50(60)43-40-37-34-31-26-21-18-15-12-9-6-3/h16,19,22,24,38,41,46-49,51-53,55,57-59,61-62H,4-15,17-18,20-21,23,25-37,39-40,42-45H2,1-3H3,(H,56,63)/b19-16+,24-22+,41-38+. The fourth-order valence-electron chi connectivity index (χ4n) is 8.41. The molecule has 6 N–H and O–H groups in total. The molecule has 1 amide bonds. The summed E-state index contributed by atoms with van der Waals surface area (Å²) < 4.78 is 17.5. The van der Waals surface area contributed by atoms with Crippen LogP contribution in [0.4, 0.5) is 0 Å². The summed E-state index contributed by atoms with van der Waals surface area (Å²) in [6, 6.07) is -1.02. The number of carbonyl (C=O) groups excluding carboxylic acids is 2. The summed E-state index contributed by atoms with van der Waals surface area (Å²) in [5.41, 5.74) is 0. The molecule has 0 aliphatic carbocycles. The maximum atomic E-state index is 13.3. The summed E-state index contributed by atoms with van der Waals surface area (Å²) in [5.74, 6) is -1.20. The van der Waals surface area contributed by atoms with Crippen molar-refractivity contribution in [3.05, 3.63) is 36.5 Å². The van der Waals surface area contributed by atoms with E-state index in [1.807, 2.05) is 6.08 Å². The minimum absolute atomic E-state index is 0.125. The number of ether oxygens (including phenoxy) is 3. The Kier molecular flexibility index (Phi) is 41.4. The number of nitrogens with one attached hydrogen (secondary N) is 1. The second kappa shape index (κ2) is 44.1. The van der Waals surface area contributed by atoms with Crippen molar-refractivity contribution in [3.63, 3.8) is 0 Å². The van der Waals surface area contributed by atoms with Crippen LogP contribution in [-0.2, 0) is 23.8 Å². The first kappa shape index (κ1) is 61.9. The molecular weight excluding hydrogens is 835 g/mol. The molecule has 1 fully saturated rings. The van der Waals surface area contributed by atoms with Gasteiger partial charge in [0.05, 0.1) is 25.4 Å². The number of hydrogen-bond acceptors (Lipinski definition) is 10. The highest BCUT2D eigenvalue weighted by molar-refractivity contribution is 5.80. The first-order valence-electron chi connectivity index (χ1n) is 27.3. The van der Waals surface area contributed by atoms with Crippen LogP contribution in [0.5, 0.6) is 0 Å². The van der Waals surface area contributed by atoms with Gasteiger partial charge >= 0.3 is 5.97 Å². The minimum atomic E-state index is -1.61. The number of unbranched alkanes of at least 4 members (excludes halogenated alkanes) is 28. The van der Waals surface area contributed by atoms with Crippen LogP contribution in [0, 0.1) is 0 Å². The van der Waals surface area contributed by atoms with Crippen LogP contribution in [0.2, 0.25) is 0 Å². The van der Waals surface area contributed by atoms with Crippen LogP contribution >= 0.6 is 0 Å². The predicted octanol–water partition coefficient (Wildman–Crippen LogP) is 11.6. The number of esters is 1. The molecule has 0 aromatic heterocycles. The molecule has 386 valence electrons. The van der Waals surface area contributed by atoms with Crippen molar-refractivity contribution >= 4 is 11.9 Å². The molecule has 0 aromatic rings. The minimum Gasteiger partial charge on any atom is -0.454 e. The third kappa shape index (κ3) is 32.6. The Morgan fingerprint density at radius 1 is 0.591 bits per heavy atom. The average molecular weight is 936 g/mol. The van der Waals surface area contributed by atoms with Crippen molar-refractivity contribution < 1.29 is 49.3 Å². The largest absolute Gasteiger partial charge is 0.454 e. The molecule has 1 rings (SSSR count). The van der Waals surface area contributed by atoms with E-state index in [9.17, 15) is 35.1 Å². The van der Waals surface area contributed by atoms with E-state index in [-0.39, 0.29) is 19.4 Å². The number of rotatable bonds is 45. The van der Waals surface area contributed by atoms with Gasteiger partial charge in [0.25, 0.3) is 0 Å². The Morgan fingerprint density at radius 2 is 1.03 bits per heavy atom. The van der Waals surface area contributed by atoms with Gasteiger partial charge in [0.1, 0.15) is 24.4 Å². The van der Waals surface area contributed by atoms with Crippen LogP contribution in [0.1, 0.15) is 239 Å². The van der Waals surface area contributed by atoms with Crippen LogP contribution in [0.25, 0.3) is 0 Å². The lowest BCUT2D eigenvalue weighted by atomic mass is 9.99. The van der Waals surface area contributed by atoms with Crippen molar-refractivity contribution in [1.29, 1.82) is 0 Å². The monoisotopic (exact) mass is 936 g/mol. The normalized spacial score (nSPS) is 20.4. The van der Waals surface area contributed by atoms with Crippen molar-refractivity contribution in [2.75, 3.05) is 13.2 Å². The highest BCUT2D eigenvalue weighted by Gasteiger charge is 2.47. The van der Waals surface area contributed by atoms with Gasteiger partial charge in [-0.15, -0.1) is 0 Å². The van der Waals surface area contributed by atoms with Crippen molar-refractivity contribution in [2.45, 2.75) is 288 Å². The van der Waals surface area contributed by atoms with Gasteiger partial charge in [-0.05, 0) is 51.4 Å². The van der Waals surface area contributed by atoms with Gasteiger partial charge in [0.2, 0.25) is 5.91 Å². The van der Waals surface area contributed by atoms with E-state index in [0.29, 0.717) is 12.8 Å². The Balaban J connectivity index is 2.78. The van der Waals surface area contributed by atoms with Crippen molar-refractivity contribution in [3.8, 4) is 0 Å². The van der Waals surface area contributed by atoms with E-state index in [2.05, 4.69) is 50.4 Å². The van der Waals surface area contributed by atoms with Crippen molar-refractivity contribution in [2.24, 2.45) is 0 Å². The van der Waals surface area contributed by atoms with E-state index in [4.69, 9.17) is 14.2 Å². The molecule has 0 aromatic carbocycles. The van der Waals surface area contributed by atoms with E-state index in [1.54, 1.807) is 6.08 Å². The van der Waals surface area contributed by atoms with Crippen LogP contribution < -0.4 is 5.32 Å². The Hall–Kier alpha value is -2.12. The molecule has 11 heteroatoms. The average Bonchev–Trinajstić information content (AvgIpc) is 3.31. The molecule has 0 saturated carbocycles. The molecule has 0 radical (unpaired) electrons. The highest BCUT2D eigenvalue weighted by Crippen LogP contribution is 2.26. The Bertz CT molecular complexity index is 1210. The second-order valence-corrected chi connectivity index (χ2v) is 19.0. The lowest BCUT2D eigenvalue weighted by molar-refractivity contribution is -0.305. The molecule has 8 unspecified atom stereocenters. The zero-order chi connectivity index (χ0) is 48.3. The zero-order valence-corrected chi connectivity index (χ0v) is 42.3. The van der Waals surface area contributed by atoms with Gasteiger partial charge in [0.15, 0.2) is 12.4 Å². The van der Waals surface area contributed by atoms with E-state index >= 15 is 0 Å². The second-order valence-electron chi connectivity index (χ2n) is 19.0. The lowest BCUT2D eigenvalue weighted by Crippen LogP contribution is -2.61. The quantitative estimate of drug-likeness (QED) is 0.0149. The number of allylic oxidation sites excluding steroid dienone is 5. The van der Waals surface area contributed by atoms with Gasteiger partial charge in [-0.1, -0.05) is 218 Å². The smallest absolute Gasteiger partial charge is 0.306 e. The van der Waals surface area contributed by atoms with E-state index in [1.165, 1.54) is 116 Å². The molecule has 11 nitrogen and oxygen atoms in total. The molecule has 1 heterocycles. The summed E-state index contributed by atoms with van der Waals surface area (Å²) >= 11 is 0. The molecule has 0 spiro atoms. The van der Waals surface area contributed by atoms with Gasteiger partial charge < -0.3 is 45.1 Å². The first-order valence-corrected chi connectivity index (χ1v) is 27.3. The molecule has 66 heavy (non-hydrogen) atoms. The van der Waals surface area contributed by atoms with Crippen LogP contribution in [0.3, 0.4) is 0 Å². The lowest BCUT2D eigenvalue weighted by Gasteiger charge is -2.41. The Morgan fingerprint density at radius 3 is 1.55 bits per heavy atom. The molecule has 0 bridgehead atoms.